The lowest BCUT2D eigenvalue weighted by Crippen LogP contribution is -2.30. The highest BCUT2D eigenvalue weighted by atomic mass is 16.5. The topological polar surface area (TPSA) is 76.7 Å². The highest BCUT2D eigenvalue weighted by Crippen LogP contribution is 2.30. The van der Waals surface area contributed by atoms with Gasteiger partial charge in [-0.1, -0.05) is 18.2 Å². The molecule has 0 bridgehead atoms. The number of hydrogen-bond donors (Lipinski definition) is 2. The molecule has 0 heterocycles. The van der Waals surface area contributed by atoms with E-state index >= 15 is 0 Å². The third-order valence-electron chi connectivity index (χ3n) is 4.31. The fourth-order valence-corrected chi connectivity index (χ4v) is 2.59. The van der Waals surface area contributed by atoms with Crippen LogP contribution in [-0.2, 0) is 16.0 Å². The van der Waals surface area contributed by atoms with Crippen molar-refractivity contribution in [3.8, 4) is 11.5 Å². The maximum Gasteiger partial charge on any atom is 0.257 e. The Morgan fingerprint density at radius 2 is 1.85 bits per heavy atom. The molecule has 0 aromatic heterocycles. The maximum absolute atomic E-state index is 11.9. The predicted molar refractivity (Wildman–Crippen MR) is 103 cm³/mol. The molecule has 6 nitrogen and oxygen atoms in total. The van der Waals surface area contributed by atoms with E-state index in [4.69, 9.17) is 9.47 Å². The van der Waals surface area contributed by atoms with Crippen LogP contribution in [0.5, 0.6) is 11.5 Å². The van der Waals surface area contributed by atoms with Crippen LogP contribution in [0.1, 0.15) is 18.4 Å². The maximum atomic E-state index is 11.9. The number of nitrogens with one attached hydrogen (secondary N) is 2. The van der Waals surface area contributed by atoms with E-state index in [0.29, 0.717) is 18.0 Å². The molecule has 0 saturated heterocycles. The monoisotopic (exact) mass is 368 g/mol. The van der Waals surface area contributed by atoms with Crippen molar-refractivity contribution in [3.63, 3.8) is 0 Å². The molecule has 2 amide bonds. The van der Waals surface area contributed by atoms with Gasteiger partial charge in [0.2, 0.25) is 5.91 Å². The van der Waals surface area contributed by atoms with E-state index in [9.17, 15) is 9.59 Å². The van der Waals surface area contributed by atoms with Crippen molar-refractivity contribution in [2.45, 2.75) is 19.3 Å². The highest BCUT2D eigenvalue weighted by Gasteiger charge is 2.29. The molecule has 6 heteroatoms. The Kier molecular flexibility index (Phi) is 6.30. The van der Waals surface area contributed by atoms with Gasteiger partial charge in [0.1, 0.15) is 11.5 Å². The lowest BCUT2D eigenvalue weighted by atomic mass is 10.1. The summed E-state index contributed by atoms with van der Waals surface area (Å²) in [6.07, 6.45) is 2.65. The fourth-order valence-electron chi connectivity index (χ4n) is 2.59. The van der Waals surface area contributed by atoms with Gasteiger partial charge in [0.15, 0.2) is 6.61 Å². The Balaban J connectivity index is 1.38. The van der Waals surface area contributed by atoms with Crippen molar-refractivity contribution in [2.75, 3.05) is 25.6 Å². The van der Waals surface area contributed by atoms with Crippen LogP contribution in [0.4, 0.5) is 5.69 Å². The molecule has 2 aromatic rings. The van der Waals surface area contributed by atoms with E-state index in [2.05, 4.69) is 10.6 Å². The average molecular weight is 368 g/mol. The second-order valence-electron chi connectivity index (χ2n) is 6.53. The van der Waals surface area contributed by atoms with Gasteiger partial charge in [-0.2, -0.15) is 0 Å². The van der Waals surface area contributed by atoms with Crippen LogP contribution in [0.2, 0.25) is 0 Å². The first-order valence-electron chi connectivity index (χ1n) is 9.07. The van der Waals surface area contributed by atoms with Gasteiger partial charge in [-0.05, 0) is 49.1 Å². The smallest absolute Gasteiger partial charge is 0.257 e. The van der Waals surface area contributed by atoms with Gasteiger partial charge in [-0.15, -0.1) is 0 Å². The molecule has 27 heavy (non-hydrogen) atoms. The number of ether oxygens (including phenoxy) is 2. The first-order chi connectivity index (χ1) is 13.1. The summed E-state index contributed by atoms with van der Waals surface area (Å²) in [7, 11) is 1.63. The second-order valence-corrected chi connectivity index (χ2v) is 6.53. The van der Waals surface area contributed by atoms with E-state index < -0.39 is 0 Å². The minimum Gasteiger partial charge on any atom is -0.497 e. The quantitative estimate of drug-likeness (QED) is 0.714. The van der Waals surface area contributed by atoms with E-state index in [1.54, 1.807) is 25.3 Å². The fraction of sp³-hybridized carbons (Fsp3) is 0.333. The van der Waals surface area contributed by atoms with Gasteiger partial charge in [-0.3, -0.25) is 9.59 Å². The molecule has 0 atom stereocenters. The van der Waals surface area contributed by atoms with E-state index in [1.807, 2.05) is 30.3 Å². The van der Waals surface area contributed by atoms with Gasteiger partial charge < -0.3 is 20.1 Å². The van der Waals surface area contributed by atoms with Crippen molar-refractivity contribution in [3.05, 3.63) is 54.1 Å². The minimum atomic E-state index is -0.184. The zero-order chi connectivity index (χ0) is 19.1. The molecule has 3 rings (SSSR count). The Morgan fingerprint density at radius 1 is 1.07 bits per heavy atom. The van der Waals surface area contributed by atoms with Crippen molar-refractivity contribution >= 4 is 17.5 Å². The summed E-state index contributed by atoms with van der Waals surface area (Å²) in [4.78, 5) is 23.7. The highest BCUT2D eigenvalue weighted by molar-refractivity contribution is 5.94. The van der Waals surface area contributed by atoms with E-state index in [1.165, 1.54) is 0 Å². The molecule has 0 aliphatic heterocycles. The largest absolute Gasteiger partial charge is 0.497 e. The van der Waals surface area contributed by atoms with Crippen LogP contribution in [0, 0.1) is 5.92 Å². The van der Waals surface area contributed by atoms with Crippen molar-refractivity contribution in [1.82, 2.24) is 5.32 Å². The average Bonchev–Trinajstić information content (AvgIpc) is 3.53. The number of anilines is 1. The molecule has 0 unspecified atom stereocenters. The van der Waals surface area contributed by atoms with Gasteiger partial charge in [-0.25, -0.2) is 0 Å². The van der Waals surface area contributed by atoms with Crippen molar-refractivity contribution < 1.29 is 19.1 Å². The Labute approximate surface area is 158 Å². The lowest BCUT2D eigenvalue weighted by molar-refractivity contribution is -0.123. The van der Waals surface area contributed by atoms with Gasteiger partial charge in [0, 0.05) is 24.2 Å². The SMILES string of the molecule is COc1ccc(CCNC(=O)COc2cccc(NC(=O)C3CC3)c2)cc1. The number of hydrogen-bond acceptors (Lipinski definition) is 4. The molecule has 2 N–H and O–H groups in total. The van der Waals surface area contributed by atoms with Crippen LogP contribution < -0.4 is 20.1 Å². The van der Waals surface area contributed by atoms with Crippen LogP contribution in [-0.4, -0.2) is 32.1 Å². The third-order valence-corrected chi connectivity index (χ3v) is 4.31. The number of rotatable bonds is 9. The molecule has 1 aliphatic carbocycles. The minimum absolute atomic E-state index is 0.0448. The Hall–Kier alpha value is -3.02. The third kappa shape index (κ3) is 6.02. The lowest BCUT2D eigenvalue weighted by Gasteiger charge is -2.10. The summed E-state index contributed by atoms with van der Waals surface area (Å²) in [5, 5.41) is 5.70. The number of amides is 2. The molecule has 0 radical (unpaired) electrons. The molecular formula is C21H24N2O4. The van der Waals surface area contributed by atoms with Crippen molar-refractivity contribution in [1.29, 1.82) is 0 Å². The summed E-state index contributed by atoms with van der Waals surface area (Å²) in [6.45, 7) is 0.467. The molecule has 1 saturated carbocycles. The number of benzene rings is 2. The normalized spacial score (nSPS) is 12.9. The van der Waals surface area contributed by atoms with Gasteiger partial charge in [0.05, 0.1) is 7.11 Å². The van der Waals surface area contributed by atoms with E-state index in [0.717, 1.165) is 30.6 Å². The summed E-state index contributed by atoms with van der Waals surface area (Å²) in [5.74, 6) is 1.37. The molecule has 142 valence electrons. The molecule has 0 spiro atoms. The second kappa shape index (κ2) is 9.07. The first-order valence-corrected chi connectivity index (χ1v) is 9.07. The zero-order valence-electron chi connectivity index (χ0n) is 15.4. The number of carbonyl (C=O) groups is 2. The summed E-state index contributed by atoms with van der Waals surface area (Å²) >= 11 is 0. The van der Waals surface area contributed by atoms with Crippen LogP contribution in [0.3, 0.4) is 0 Å². The van der Waals surface area contributed by atoms with Crippen molar-refractivity contribution in [2.24, 2.45) is 5.92 Å². The van der Waals surface area contributed by atoms with Crippen LogP contribution in [0.15, 0.2) is 48.5 Å². The standard InChI is InChI=1S/C21H24N2O4/c1-26-18-9-5-15(6-10-18)11-12-22-20(24)14-27-19-4-2-3-17(13-19)23-21(25)16-7-8-16/h2-6,9-10,13,16H,7-8,11-12,14H2,1H3,(H,22,24)(H,23,25). The molecule has 2 aromatic carbocycles. The molecule has 1 fully saturated rings. The van der Waals surface area contributed by atoms with Crippen LogP contribution >= 0.6 is 0 Å². The Morgan fingerprint density at radius 3 is 2.56 bits per heavy atom. The van der Waals surface area contributed by atoms with Gasteiger partial charge >= 0.3 is 0 Å². The predicted octanol–water partition coefficient (Wildman–Crippen LogP) is 2.78. The summed E-state index contributed by atoms with van der Waals surface area (Å²) < 4.78 is 10.6. The number of methoxy groups -OCH3 is 1. The van der Waals surface area contributed by atoms with Crippen LogP contribution in [0.25, 0.3) is 0 Å². The molecule has 1 aliphatic rings. The zero-order valence-corrected chi connectivity index (χ0v) is 15.4. The summed E-state index contributed by atoms with van der Waals surface area (Å²) in [6, 6.07) is 14.8. The first kappa shape index (κ1) is 18.8. The van der Waals surface area contributed by atoms with Gasteiger partial charge in [0.25, 0.3) is 5.91 Å². The number of carbonyl (C=O) groups excluding carboxylic acids is 2. The van der Waals surface area contributed by atoms with E-state index in [-0.39, 0.29) is 24.3 Å². The Bertz CT molecular complexity index is 785. The summed E-state index contributed by atoms with van der Waals surface area (Å²) in [5.41, 5.74) is 1.81. The molecular weight excluding hydrogens is 344 g/mol.